The Hall–Kier alpha value is -0.690. The van der Waals surface area contributed by atoms with Gasteiger partial charge in [0.1, 0.15) is 22.8 Å². The van der Waals surface area contributed by atoms with Gasteiger partial charge in [0.2, 0.25) is 0 Å². The molecule has 0 saturated carbocycles. The molecule has 0 aliphatic carbocycles. The minimum Gasteiger partial charge on any atom is -0.389 e. The fraction of sp³-hybridized carbons (Fsp3) is 0.364. The van der Waals surface area contributed by atoms with Crippen molar-refractivity contribution in [3.8, 4) is 0 Å². The number of hydrogen-bond donors (Lipinski definition) is 2. The minimum atomic E-state index is -1.49. The molecule has 0 saturated heterocycles. The summed E-state index contributed by atoms with van der Waals surface area (Å²) in [4.78, 5) is 10.7. The molecule has 0 amide bonds. The molecule has 1 aromatic rings. The quantitative estimate of drug-likeness (QED) is 0.837. The largest absolute Gasteiger partial charge is 0.389 e. The molecule has 7 heteroatoms. The van der Waals surface area contributed by atoms with Crippen molar-refractivity contribution >= 4 is 28.5 Å². The lowest BCUT2D eigenvalue weighted by Gasteiger charge is -2.17. The van der Waals surface area contributed by atoms with Crippen molar-refractivity contribution in [3.05, 3.63) is 34.4 Å². The molecule has 0 fully saturated rings. The van der Waals surface area contributed by atoms with Crippen LogP contribution >= 0.6 is 23.4 Å². The first-order valence-electron chi connectivity index (χ1n) is 4.97. The normalized spacial score (nSPS) is 14.3. The Morgan fingerprint density at radius 3 is 2.33 bits per heavy atom. The van der Waals surface area contributed by atoms with Gasteiger partial charge in [-0.15, -0.1) is 0 Å². The van der Waals surface area contributed by atoms with Gasteiger partial charge in [-0.2, -0.15) is 0 Å². The average molecular weight is 297 g/mol. The van der Waals surface area contributed by atoms with Crippen LogP contribution in [-0.2, 0) is 4.79 Å². The van der Waals surface area contributed by atoms with Crippen LogP contribution in [0.25, 0.3) is 0 Å². The standard InChI is InChI=1S/C11H11ClF2O3S/c1-5(15)18-4-9(16)11(17)6-2-7(13)10(12)8(14)3-6/h2-3,9,11,16-17H,4H2,1H3. The van der Waals surface area contributed by atoms with Crippen LogP contribution in [0.2, 0.25) is 5.02 Å². The summed E-state index contributed by atoms with van der Waals surface area (Å²) in [5.41, 5.74) is -0.133. The lowest BCUT2D eigenvalue weighted by molar-refractivity contribution is -0.109. The number of aliphatic hydroxyl groups excluding tert-OH is 2. The Morgan fingerprint density at radius 2 is 1.89 bits per heavy atom. The van der Waals surface area contributed by atoms with Crippen LogP contribution < -0.4 is 0 Å². The maximum absolute atomic E-state index is 13.2. The molecule has 3 nitrogen and oxygen atoms in total. The van der Waals surface area contributed by atoms with Crippen molar-refractivity contribution in [2.75, 3.05) is 5.75 Å². The number of benzene rings is 1. The number of hydrogen-bond acceptors (Lipinski definition) is 4. The van der Waals surface area contributed by atoms with Crippen LogP contribution in [0, 0.1) is 11.6 Å². The molecule has 0 aromatic heterocycles. The summed E-state index contributed by atoms with van der Waals surface area (Å²) in [6, 6.07) is 1.69. The van der Waals surface area contributed by atoms with Crippen molar-refractivity contribution in [1.82, 2.24) is 0 Å². The summed E-state index contributed by atoms with van der Waals surface area (Å²) < 4.78 is 26.3. The third-order valence-electron chi connectivity index (χ3n) is 2.17. The summed E-state index contributed by atoms with van der Waals surface area (Å²) >= 11 is 6.11. The van der Waals surface area contributed by atoms with E-state index in [9.17, 15) is 23.8 Å². The number of aliphatic hydroxyl groups is 2. The highest BCUT2D eigenvalue weighted by molar-refractivity contribution is 8.13. The molecule has 0 heterocycles. The zero-order chi connectivity index (χ0) is 13.9. The molecule has 2 atom stereocenters. The maximum atomic E-state index is 13.2. The summed E-state index contributed by atoms with van der Waals surface area (Å²) in [5, 5.41) is 18.4. The van der Waals surface area contributed by atoms with Crippen molar-refractivity contribution in [2.24, 2.45) is 0 Å². The zero-order valence-electron chi connectivity index (χ0n) is 9.36. The van der Waals surface area contributed by atoms with E-state index in [0.29, 0.717) is 0 Å². The number of rotatable bonds is 4. The molecule has 1 aromatic carbocycles. The summed E-state index contributed by atoms with van der Waals surface area (Å²) in [6.45, 7) is 1.31. The predicted molar refractivity (Wildman–Crippen MR) is 65.5 cm³/mol. The first kappa shape index (κ1) is 15.4. The van der Waals surface area contributed by atoms with Crippen LogP contribution in [0.5, 0.6) is 0 Å². The highest BCUT2D eigenvalue weighted by atomic mass is 35.5. The van der Waals surface area contributed by atoms with Crippen LogP contribution in [0.15, 0.2) is 12.1 Å². The number of carbonyl (C=O) groups excluding carboxylic acids is 1. The fourth-order valence-corrected chi connectivity index (χ4v) is 1.96. The molecular formula is C11H11ClF2O3S. The van der Waals surface area contributed by atoms with Crippen LogP contribution in [0.3, 0.4) is 0 Å². The molecule has 0 aliphatic rings. The van der Waals surface area contributed by atoms with E-state index in [4.69, 9.17) is 11.6 Å². The summed E-state index contributed by atoms with van der Waals surface area (Å²) in [7, 11) is 0. The van der Waals surface area contributed by atoms with Crippen LogP contribution in [-0.4, -0.2) is 27.2 Å². The second-order valence-electron chi connectivity index (χ2n) is 3.61. The average Bonchev–Trinajstić information content (AvgIpc) is 2.31. The van der Waals surface area contributed by atoms with E-state index in [2.05, 4.69) is 0 Å². The third-order valence-corrected chi connectivity index (χ3v) is 3.45. The van der Waals surface area contributed by atoms with E-state index in [-0.39, 0.29) is 16.4 Å². The molecular weight excluding hydrogens is 286 g/mol. The highest BCUT2D eigenvalue weighted by Crippen LogP contribution is 2.26. The van der Waals surface area contributed by atoms with Gasteiger partial charge in [-0.25, -0.2) is 8.78 Å². The van der Waals surface area contributed by atoms with E-state index in [1.165, 1.54) is 6.92 Å². The minimum absolute atomic E-state index is 0.0671. The monoisotopic (exact) mass is 296 g/mol. The van der Waals surface area contributed by atoms with Gasteiger partial charge >= 0.3 is 0 Å². The number of carbonyl (C=O) groups is 1. The van der Waals surface area contributed by atoms with E-state index < -0.39 is 28.9 Å². The van der Waals surface area contributed by atoms with Gasteiger partial charge < -0.3 is 10.2 Å². The fourth-order valence-electron chi connectivity index (χ4n) is 1.26. The lowest BCUT2D eigenvalue weighted by atomic mass is 10.1. The van der Waals surface area contributed by atoms with Crippen LogP contribution in [0.4, 0.5) is 8.78 Å². The van der Waals surface area contributed by atoms with Gasteiger partial charge in [-0.1, -0.05) is 23.4 Å². The molecule has 2 N–H and O–H groups in total. The molecule has 0 spiro atoms. The summed E-state index contributed by atoms with van der Waals surface area (Å²) in [5.74, 6) is -2.10. The van der Waals surface area contributed by atoms with Gasteiger partial charge in [0.05, 0.1) is 6.10 Å². The molecule has 0 radical (unpaired) electrons. The third kappa shape index (κ3) is 3.91. The Balaban J connectivity index is 2.83. The second-order valence-corrected chi connectivity index (χ2v) is 5.19. The van der Waals surface area contributed by atoms with Crippen molar-refractivity contribution in [2.45, 2.75) is 19.1 Å². The van der Waals surface area contributed by atoms with Gasteiger partial charge in [0, 0.05) is 12.7 Å². The number of thioether (sulfide) groups is 1. The number of halogens is 3. The summed E-state index contributed by atoms with van der Waals surface area (Å²) in [6.07, 6.45) is -2.79. The Kier molecular flexibility index (Phi) is 5.52. The Morgan fingerprint density at radius 1 is 1.39 bits per heavy atom. The van der Waals surface area contributed by atoms with Crippen molar-refractivity contribution in [1.29, 1.82) is 0 Å². The second kappa shape index (κ2) is 6.47. The maximum Gasteiger partial charge on any atom is 0.185 e. The SMILES string of the molecule is CC(=O)SCC(O)C(O)c1cc(F)c(Cl)c(F)c1. The van der Waals surface area contributed by atoms with Gasteiger partial charge in [0.25, 0.3) is 0 Å². The molecule has 2 unspecified atom stereocenters. The molecule has 1 rings (SSSR count). The van der Waals surface area contributed by atoms with Crippen LogP contribution in [0.1, 0.15) is 18.6 Å². The predicted octanol–water partition coefficient (Wildman–Crippen LogP) is 2.29. The van der Waals surface area contributed by atoms with Gasteiger partial charge in [0.15, 0.2) is 5.12 Å². The van der Waals surface area contributed by atoms with E-state index >= 15 is 0 Å². The smallest absolute Gasteiger partial charge is 0.185 e. The molecule has 18 heavy (non-hydrogen) atoms. The van der Waals surface area contributed by atoms with E-state index in [1.807, 2.05) is 0 Å². The molecule has 100 valence electrons. The first-order chi connectivity index (χ1) is 8.32. The highest BCUT2D eigenvalue weighted by Gasteiger charge is 2.21. The first-order valence-corrected chi connectivity index (χ1v) is 6.33. The van der Waals surface area contributed by atoms with Gasteiger partial charge in [-0.05, 0) is 17.7 Å². The molecule has 0 aliphatic heterocycles. The Bertz CT molecular complexity index is 433. The van der Waals surface area contributed by atoms with Gasteiger partial charge in [-0.3, -0.25) is 4.79 Å². The van der Waals surface area contributed by atoms with Crippen molar-refractivity contribution in [3.63, 3.8) is 0 Å². The topological polar surface area (TPSA) is 57.5 Å². The van der Waals surface area contributed by atoms with E-state index in [0.717, 1.165) is 23.9 Å². The lowest BCUT2D eigenvalue weighted by Crippen LogP contribution is -2.21. The zero-order valence-corrected chi connectivity index (χ0v) is 10.9. The molecule has 0 bridgehead atoms. The van der Waals surface area contributed by atoms with Crippen molar-refractivity contribution < 1.29 is 23.8 Å². The Labute approximate surface area is 112 Å². The van der Waals surface area contributed by atoms with E-state index in [1.54, 1.807) is 0 Å².